The lowest BCUT2D eigenvalue weighted by Gasteiger charge is -2.29. The second kappa shape index (κ2) is 10.3. The van der Waals surface area contributed by atoms with Gasteiger partial charge in [-0.25, -0.2) is 8.42 Å². The minimum Gasteiger partial charge on any atom is -0.372 e. The molecule has 0 radical (unpaired) electrons. The summed E-state index contributed by atoms with van der Waals surface area (Å²) >= 11 is 0. The number of carbonyl (C=O) groups excluding carboxylic acids is 1. The van der Waals surface area contributed by atoms with Crippen LogP contribution in [0.4, 0.5) is 5.69 Å². The van der Waals surface area contributed by atoms with E-state index in [0.29, 0.717) is 25.2 Å². The highest BCUT2D eigenvalue weighted by atomic mass is 32.2. The number of carbonyl (C=O) groups is 1. The number of rotatable bonds is 8. The zero-order valence-electron chi connectivity index (χ0n) is 18.8. The van der Waals surface area contributed by atoms with Crippen molar-refractivity contribution in [3.63, 3.8) is 0 Å². The summed E-state index contributed by atoms with van der Waals surface area (Å²) < 4.78 is 26.6. The molecular weight excluding hydrogens is 410 g/mol. The van der Waals surface area contributed by atoms with Crippen LogP contribution in [-0.4, -0.2) is 56.8 Å². The van der Waals surface area contributed by atoms with Gasteiger partial charge in [0.25, 0.3) is 5.91 Å². The quantitative estimate of drug-likeness (QED) is 0.619. The molecule has 0 aliphatic carbocycles. The number of piperidine rings is 1. The molecule has 1 saturated heterocycles. The first-order chi connectivity index (χ1) is 14.9. The fraction of sp³-hybridized carbons (Fsp3) is 0.458. The summed E-state index contributed by atoms with van der Waals surface area (Å²) in [7, 11) is -1.76. The Bertz CT molecular complexity index is 962. The van der Waals surface area contributed by atoms with E-state index < -0.39 is 10.0 Å². The van der Waals surface area contributed by atoms with Gasteiger partial charge in [-0.15, -0.1) is 0 Å². The second-order valence-electron chi connectivity index (χ2n) is 7.99. The second-order valence-corrected chi connectivity index (χ2v) is 9.93. The molecule has 0 bridgehead atoms. The molecule has 3 rings (SSSR count). The molecule has 1 aliphatic rings. The Morgan fingerprint density at radius 1 is 0.903 bits per heavy atom. The zero-order chi connectivity index (χ0) is 22.4. The van der Waals surface area contributed by atoms with Crippen LogP contribution in [0.2, 0.25) is 0 Å². The predicted octanol–water partition coefficient (Wildman–Crippen LogP) is 3.98. The van der Waals surface area contributed by atoms with Crippen molar-refractivity contribution in [3.05, 3.63) is 59.7 Å². The highest BCUT2D eigenvalue weighted by molar-refractivity contribution is 7.89. The van der Waals surface area contributed by atoms with E-state index in [9.17, 15) is 13.2 Å². The maximum Gasteiger partial charge on any atom is 0.253 e. The first kappa shape index (κ1) is 23.3. The van der Waals surface area contributed by atoms with E-state index in [0.717, 1.165) is 18.7 Å². The molecule has 0 atom stereocenters. The number of hydrogen-bond acceptors (Lipinski definition) is 4. The van der Waals surface area contributed by atoms with Crippen molar-refractivity contribution < 1.29 is 13.2 Å². The smallest absolute Gasteiger partial charge is 0.253 e. The van der Waals surface area contributed by atoms with Crippen molar-refractivity contribution in [2.75, 3.05) is 38.1 Å². The number of hydrogen-bond donors (Lipinski definition) is 0. The summed E-state index contributed by atoms with van der Waals surface area (Å²) in [5.41, 5.74) is 2.78. The van der Waals surface area contributed by atoms with Crippen LogP contribution in [0, 0.1) is 0 Å². The van der Waals surface area contributed by atoms with Crippen LogP contribution >= 0.6 is 0 Å². The lowest BCUT2D eigenvalue weighted by molar-refractivity contribution is 0.0785. The minimum atomic E-state index is -3.52. The topological polar surface area (TPSA) is 60.9 Å². The SMILES string of the molecule is CCN(CC)S(=O)(=O)c1ccc(C(=O)N(C)Cc2ccc(N3CCCCC3)cc2)cc1. The van der Waals surface area contributed by atoms with Gasteiger partial charge in [0.15, 0.2) is 0 Å². The van der Waals surface area contributed by atoms with Gasteiger partial charge in [0, 0.05) is 51.0 Å². The summed E-state index contributed by atoms with van der Waals surface area (Å²) in [6.45, 7) is 7.17. The van der Waals surface area contributed by atoms with E-state index in [4.69, 9.17) is 0 Å². The lowest BCUT2D eigenvalue weighted by Crippen LogP contribution is -2.30. The number of sulfonamides is 1. The highest BCUT2D eigenvalue weighted by Crippen LogP contribution is 2.21. The van der Waals surface area contributed by atoms with E-state index in [1.54, 1.807) is 24.1 Å². The number of anilines is 1. The maximum absolute atomic E-state index is 12.8. The molecule has 1 fully saturated rings. The molecule has 2 aromatic rings. The molecule has 0 saturated carbocycles. The number of amides is 1. The summed E-state index contributed by atoms with van der Waals surface area (Å²) in [5, 5.41) is 0. The van der Waals surface area contributed by atoms with Crippen molar-refractivity contribution in [1.82, 2.24) is 9.21 Å². The van der Waals surface area contributed by atoms with Crippen LogP contribution < -0.4 is 4.90 Å². The third-order valence-corrected chi connectivity index (χ3v) is 7.93. The molecule has 31 heavy (non-hydrogen) atoms. The molecule has 6 nitrogen and oxygen atoms in total. The van der Waals surface area contributed by atoms with Gasteiger partial charge in [0.2, 0.25) is 10.0 Å². The zero-order valence-corrected chi connectivity index (χ0v) is 19.6. The molecular formula is C24H33N3O3S. The molecule has 1 amide bonds. The summed E-state index contributed by atoms with van der Waals surface area (Å²) in [5.74, 6) is -0.133. The Morgan fingerprint density at radius 2 is 1.48 bits per heavy atom. The normalized spacial score (nSPS) is 14.6. The standard InChI is InChI=1S/C24H33N3O3S/c1-4-27(5-2)31(29,30)23-15-11-21(12-16-23)24(28)25(3)19-20-9-13-22(14-10-20)26-17-7-6-8-18-26/h9-16H,4-8,17-19H2,1-3H3. The van der Waals surface area contributed by atoms with Crippen LogP contribution in [0.5, 0.6) is 0 Å². The predicted molar refractivity (Wildman–Crippen MR) is 125 cm³/mol. The fourth-order valence-electron chi connectivity index (χ4n) is 4.01. The number of nitrogens with zero attached hydrogens (tertiary/aromatic N) is 3. The van der Waals surface area contributed by atoms with Gasteiger partial charge >= 0.3 is 0 Å². The van der Waals surface area contributed by atoms with Gasteiger partial charge in [-0.1, -0.05) is 26.0 Å². The molecule has 2 aromatic carbocycles. The lowest BCUT2D eigenvalue weighted by atomic mass is 10.1. The van der Waals surface area contributed by atoms with E-state index >= 15 is 0 Å². The average Bonchev–Trinajstić information content (AvgIpc) is 2.80. The van der Waals surface area contributed by atoms with Crippen LogP contribution in [-0.2, 0) is 16.6 Å². The van der Waals surface area contributed by atoms with Crippen molar-refractivity contribution in [2.24, 2.45) is 0 Å². The van der Waals surface area contributed by atoms with Crippen LogP contribution in [0.25, 0.3) is 0 Å². The third kappa shape index (κ3) is 5.46. The Morgan fingerprint density at radius 3 is 2.03 bits per heavy atom. The first-order valence-electron chi connectivity index (χ1n) is 11.1. The van der Waals surface area contributed by atoms with E-state index in [1.807, 2.05) is 13.8 Å². The molecule has 1 heterocycles. The van der Waals surface area contributed by atoms with Crippen LogP contribution in [0.15, 0.2) is 53.4 Å². The molecule has 168 valence electrons. The molecule has 7 heteroatoms. The Labute approximate surface area is 186 Å². The molecule has 0 spiro atoms. The van der Waals surface area contributed by atoms with Gasteiger partial charge in [-0.05, 0) is 61.2 Å². The van der Waals surface area contributed by atoms with Crippen molar-refractivity contribution in [3.8, 4) is 0 Å². The Balaban J connectivity index is 1.64. The monoisotopic (exact) mass is 443 g/mol. The van der Waals surface area contributed by atoms with Crippen LogP contribution in [0.3, 0.4) is 0 Å². The van der Waals surface area contributed by atoms with E-state index in [2.05, 4.69) is 29.2 Å². The van der Waals surface area contributed by atoms with Gasteiger partial charge in [0.1, 0.15) is 0 Å². The Hall–Kier alpha value is -2.38. The summed E-state index contributed by atoms with van der Waals surface area (Å²) in [6.07, 6.45) is 3.80. The van der Waals surface area contributed by atoms with Gasteiger partial charge in [-0.3, -0.25) is 4.79 Å². The number of benzene rings is 2. The minimum absolute atomic E-state index is 0.133. The van der Waals surface area contributed by atoms with Crippen molar-refractivity contribution in [1.29, 1.82) is 0 Å². The Kier molecular flexibility index (Phi) is 7.73. The third-order valence-electron chi connectivity index (χ3n) is 5.87. The summed E-state index contributed by atoms with van der Waals surface area (Å²) in [4.78, 5) is 17.1. The van der Waals surface area contributed by atoms with Gasteiger partial charge in [-0.2, -0.15) is 4.31 Å². The highest BCUT2D eigenvalue weighted by Gasteiger charge is 2.22. The average molecular weight is 444 g/mol. The largest absolute Gasteiger partial charge is 0.372 e. The van der Waals surface area contributed by atoms with E-state index in [-0.39, 0.29) is 10.8 Å². The molecule has 0 unspecified atom stereocenters. The molecule has 1 aliphatic heterocycles. The molecule has 0 N–H and O–H groups in total. The van der Waals surface area contributed by atoms with Crippen molar-refractivity contribution >= 4 is 21.6 Å². The first-order valence-corrected chi connectivity index (χ1v) is 12.5. The van der Waals surface area contributed by atoms with Gasteiger partial charge < -0.3 is 9.80 Å². The van der Waals surface area contributed by atoms with Gasteiger partial charge in [0.05, 0.1) is 4.90 Å². The van der Waals surface area contributed by atoms with Crippen LogP contribution in [0.1, 0.15) is 49.0 Å². The fourth-order valence-corrected chi connectivity index (χ4v) is 5.47. The molecule has 0 aromatic heterocycles. The summed E-state index contributed by atoms with van der Waals surface area (Å²) in [6, 6.07) is 14.6. The maximum atomic E-state index is 12.8. The van der Waals surface area contributed by atoms with E-state index in [1.165, 1.54) is 41.4 Å². The van der Waals surface area contributed by atoms with Crippen molar-refractivity contribution in [2.45, 2.75) is 44.6 Å².